The molecular formula is C16H14N2O. The summed E-state index contributed by atoms with van der Waals surface area (Å²) >= 11 is 0. The van der Waals surface area contributed by atoms with Gasteiger partial charge in [-0.1, -0.05) is 30.3 Å². The van der Waals surface area contributed by atoms with Crippen molar-refractivity contribution in [2.45, 2.75) is 6.42 Å². The van der Waals surface area contributed by atoms with Crippen LogP contribution >= 0.6 is 0 Å². The summed E-state index contributed by atoms with van der Waals surface area (Å²) in [5.41, 5.74) is 3.84. The maximum absolute atomic E-state index is 10.8. The largest absolute Gasteiger partial charge is 0.331 e. The van der Waals surface area contributed by atoms with Gasteiger partial charge in [-0.15, -0.1) is 0 Å². The normalized spacial score (nSPS) is 10.8. The van der Waals surface area contributed by atoms with E-state index < -0.39 is 0 Å². The third-order valence-corrected chi connectivity index (χ3v) is 3.34. The number of aldehydes is 1. The second-order valence-corrected chi connectivity index (χ2v) is 4.62. The van der Waals surface area contributed by atoms with E-state index in [9.17, 15) is 4.79 Å². The highest BCUT2D eigenvalue weighted by Crippen LogP contribution is 2.18. The van der Waals surface area contributed by atoms with E-state index >= 15 is 0 Å². The molecule has 0 radical (unpaired) electrons. The van der Waals surface area contributed by atoms with Crippen molar-refractivity contribution in [1.29, 1.82) is 0 Å². The summed E-state index contributed by atoms with van der Waals surface area (Å²) in [6.45, 7) is 0. The van der Waals surface area contributed by atoms with E-state index in [-0.39, 0.29) is 0 Å². The van der Waals surface area contributed by atoms with Crippen LogP contribution in [0.1, 0.15) is 21.7 Å². The molecule has 0 aliphatic carbocycles. The predicted octanol–water partition coefficient (Wildman–Crippen LogP) is 2.98. The van der Waals surface area contributed by atoms with Crippen LogP contribution < -0.4 is 0 Å². The summed E-state index contributed by atoms with van der Waals surface area (Å²) in [5.74, 6) is 1.00. The summed E-state index contributed by atoms with van der Waals surface area (Å²) in [6.07, 6.45) is 1.66. The van der Waals surface area contributed by atoms with Gasteiger partial charge in [-0.2, -0.15) is 0 Å². The smallest absolute Gasteiger partial charge is 0.150 e. The maximum atomic E-state index is 10.8. The number of aromatic nitrogens is 2. The summed E-state index contributed by atoms with van der Waals surface area (Å²) < 4.78 is 2.05. The SMILES string of the molecule is Cn1c(Cc2ccccc2)nc2ccc(C=O)cc21. The van der Waals surface area contributed by atoms with E-state index in [0.29, 0.717) is 5.56 Å². The zero-order valence-electron chi connectivity index (χ0n) is 10.7. The van der Waals surface area contributed by atoms with Crippen LogP contribution in [0.5, 0.6) is 0 Å². The Balaban J connectivity index is 2.05. The van der Waals surface area contributed by atoms with Crippen molar-refractivity contribution in [3.8, 4) is 0 Å². The average Bonchev–Trinajstić information content (AvgIpc) is 2.76. The average molecular weight is 250 g/mol. The van der Waals surface area contributed by atoms with Gasteiger partial charge in [0.25, 0.3) is 0 Å². The molecule has 0 aliphatic rings. The lowest BCUT2D eigenvalue weighted by Crippen LogP contribution is -1.98. The Morgan fingerprint density at radius 1 is 1.16 bits per heavy atom. The molecule has 0 amide bonds. The van der Waals surface area contributed by atoms with E-state index in [1.807, 2.05) is 37.4 Å². The fraction of sp³-hybridized carbons (Fsp3) is 0.125. The van der Waals surface area contributed by atoms with Gasteiger partial charge in [-0.3, -0.25) is 4.79 Å². The molecule has 1 heterocycles. The molecule has 0 saturated carbocycles. The highest BCUT2D eigenvalue weighted by atomic mass is 16.1. The quantitative estimate of drug-likeness (QED) is 0.670. The van der Waals surface area contributed by atoms with Crippen molar-refractivity contribution in [3.05, 3.63) is 65.5 Å². The van der Waals surface area contributed by atoms with E-state index in [1.54, 1.807) is 6.07 Å². The molecule has 3 aromatic rings. The second kappa shape index (κ2) is 4.69. The second-order valence-electron chi connectivity index (χ2n) is 4.62. The fourth-order valence-corrected chi connectivity index (χ4v) is 2.27. The van der Waals surface area contributed by atoms with Crippen molar-refractivity contribution >= 4 is 17.3 Å². The lowest BCUT2D eigenvalue weighted by atomic mass is 10.1. The fourth-order valence-electron chi connectivity index (χ4n) is 2.27. The van der Waals surface area contributed by atoms with E-state index in [0.717, 1.165) is 29.6 Å². The van der Waals surface area contributed by atoms with E-state index in [1.165, 1.54) is 5.56 Å². The van der Waals surface area contributed by atoms with Gasteiger partial charge < -0.3 is 4.57 Å². The first-order valence-electron chi connectivity index (χ1n) is 6.22. The van der Waals surface area contributed by atoms with Crippen molar-refractivity contribution in [1.82, 2.24) is 9.55 Å². The van der Waals surface area contributed by atoms with E-state index in [4.69, 9.17) is 0 Å². The molecule has 0 fully saturated rings. The first kappa shape index (κ1) is 11.7. The summed E-state index contributed by atoms with van der Waals surface area (Å²) in [7, 11) is 1.99. The molecular weight excluding hydrogens is 236 g/mol. The van der Waals surface area contributed by atoms with Gasteiger partial charge >= 0.3 is 0 Å². The predicted molar refractivity (Wildman–Crippen MR) is 75.3 cm³/mol. The van der Waals surface area contributed by atoms with Crippen LogP contribution in [-0.2, 0) is 13.5 Å². The minimum atomic E-state index is 0.682. The van der Waals surface area contributed by atoms with Crippen LogP contribution in [0.25, 0.3) is 11.0 Å². The highest BCUT2D eigenvalue weighted by Gasteiger charge is 2.08. The zero-order valence-corrected chi connectivity index (χ0v) is 10.7. The van der Waals surface area contributed by atoms with Crippen LogP contribution in [0.15, 0.2) is 48.5 Å². The molecule has 2 aromatic carbocycles. The number of imidazole rings is 1. The van der Waals surface area contributed by atoms with Crippen molar-refractivity contribution in [2.24, 2.45) is 7.05 Å². The van der Waals surface area contributed by atoms with Crippen LogP contribution in [0.2, 0.25) is 0 Å². The van der Waals surface area contributed by atoms with E-state index in [2.05, 4.69) is 21.7 Å². The highest BCUT2D eigenvalue weighted by molar-refractivity contribution is 5.85. The van der Waals surface area contributed by atoms with Crippen molar-refractivity contribution < 1.29 is 4.79 Å². The number of benzene rings is 2. The Morgan fingerprint density at radius 2 is 1.95 bits per heavy atom. The van der Waals surface area contributed by atoms with Crippen molar-refractivity contribution in [3.63, 3.8) is 0 Å². The number of carbonyl (C=O) groups is 1. The Morgan fingerprint density at radius 3 is 2.68 bits per heavy atom. The topological polar surface area (TPSA) is 34.9 Å². The van der Waals surface area contributed by atoms with Crippen LogP contribution in [0.4, 0.5) is 0 Å². The van der Waals surface area contributed by atoms with Crippen LogP contribution in [-0.4, -0.2) is 15.8 Å². The number of carbonyl (C=O) groups excluding carboxylic acids is 1. The first-order chi connectivity index (χ1) is 9.28. The molecule has 0 bridgehead atoms. The summed E-state index contributed by atoms with van der Waals surface area (Å²) in [6, 6.07) is 15.8. The minimum Gasteiger partial charge on any atom is -0.331 e. The van der Waals surface area contributed by atoms with Crippen LogP contribution in [0.3, 0.4) is 0 Å². The van der Waals surface area contributed by atoms with Gasteiger partial charge in [0.05, 0.1) is 11.0 Å². The third-order valence-electron chi connectivity index (χ3n) is 3.34. The molecule has 0 aliphatic heterocycles. The number of nitrogens with zero attached hydrogens (tertiary/aromatic N) is 2. The molecule has 0 unspecified atom stereocenters. The lowest BCUT2D eigenvalue weighted by Gasteiger charge is -2.02. The first-order valence-corrected chi connectivity index (χ1v) is 6.22. The molecule has 0 spiro atoms. The monoisotopic (exact) mass is 250 g/mol. The van der Waals surface area contributed by atoms with Gasteiger partial charge in [-0.05, 0) is 23.8 Å². The molecule has 3 nitrogen and oxygen atoms in total. The number of hydrogen-bond donors (Lipinski definition) is 0. The third kappa shape index (κ3) is 2.15. The van der Waals surface area contributed by atoms with Gasteiger partial charge in [0, 0.05) is 19.0 Å². The van der Waals surface area contributed by atoms with Gasteiger partial charge in [0.1, 0.15) is 12.1 Å². The Labute approximate surface area is 111 Å². The Kier molecular flexibility index (Phi) is 2.88. The molecule has 0 saturated heterocycles. The Bertz CT molecular complexity index is 729. The number of rotatable bonds is 3. The zero-order chi connectivity index (χ0) is 13.2. The number of fused-ring (bicyclic) bond motifs is 1. The lowest BCUT2D eigenvalue weighted by molar-refractivity contribution is 0.112. The molecule has 0 atom stereocenters. The number of aryl methyl sites for hydroxylation is 1. The van der Waals surface area contributed by atoms with Gasteiger partial charge in [0.15, 0.2) is 0 Å². The van der Waals surface area contributed by atoms with Gasteiger partial charge in [0.2, 0.25) is 0 Å². The van der Waals surface area contributed by atoms with Crippen LogP contribution in [0, 0.1) is 0 Å². The van der Waals surface area contributed by atoms with Gasteiger partial charge in [-0.25, -0.2) is 4.98 Å². The molecule has 94 valence electrons. The Hall–Kier alpha value is -2.42. The molecule has 1 aromatic heterocycles. The number of hydrogen-bond acceptors (Lipinski definition) is 2. The summed E-state index contributed by atoms with van der Waals surface area (Å²) in [5, 5.41) is 0. The molecule has 19 heavy (non-hydrogen) atoms. The minimum absolute atomic E-state index is 0.682. The maximum Gasteiger partial charge on any atom is 0.150 e. The molecule has 3 heteroatoms. The molecule has 0 N–H and O–H groups in total. The van der Waals surface area contributed by atoms with Crippen molar-refractivity contribution in [2.75, 3.05) is 0 Å². The summed E-state index contributed by atoms with van der Waals surface area (Å²) in [4.78, 5) is 15.5. The standard InChI is InChI=1S/C16H14N2O/c1-18-15-9-13(11-19)7-8-14(15)17-16(18)10-12-5-3-2-4-6-12/h2-9,11H,10H2,1H3. The molecule has 3 rings (SSSR count).